The smallest absolute Gasteiger partial charge is 0.253 e. The number of pyridine rings is 1. The highest BCUT2D eigenvalue weighted by molar-refractivity contribution is 6.02. The summed E-state index contributed by atoms with van der Waals surface area (Å²) in [5, 5.41) is 15.5. The summed E-state index contributed by atoms with van der Waals surface area (Å²) in [5.74, 6) is -1.47. The fourth-order valence-corrected chi connectivity index (χ4v) is 9.51. The molecule has 2 N–H and O–H groups in total. The molecule has 42 heavy (non-hydrogen) atoms. The SMILES string of the molecule is CC1(C)O[C@@H]2CC3C4CCC5=CC(=O)C=CC5(C)C4[C@@H](O)CC3(C)[C@]2(C(=O)CNC(=O)c2cnc3ccccc3c2)O1. The van der Waals surface area contributed by atoms with Crippen molar-refractivity contribution in [2.24, 2.45) is 28.6 Å². The summed E-state index contributed by atoms with van der Waals surface area (Å²) in [7, 11) is 0. The number of amides is 1. The monoisotopic (exact) mass is 570 g/mol. The van der Waals surface area contributed by atoms with Crippen LogP contribution in [0.2, 0.25) is 0 Å². The molecule has 1 aromatic carbocycles. The zero-order valence-corrected chi connectivity index (χ0v) is 24.6. The third kappa shape index (κ3) is 3.77. The van der Waals surface area contributed by atoms with Crippen molar-refractivity contribution in [2.75, 3.05) is 6.54 Å². The van der Waals surface area contributed by atoms with Gasteiger partial charge < -0.3 is 19.9 Å². The van der Waals surface area contributed by atoms with Crippen LogP contribution >= 0.6 is 0 Å². The van der Waals surface area contributed by atoms with Crippen molar-refractivity contribution in [3.8, 4) is 0 Å². The van der Waals surface area contributed by atoms with Crippen molar-refractivity contribution in [3.05, 3.63) is 65.9 Å². The molecule has 2 heterocycles. The van der Waals surface area contributed by atoms with Crippen LogP contribution in [-0.2, 0) is 19.1 Å². The Morgan fingerprint density at radius 3 is 2.76 bits per heavy atom. The van der Waals surface area contributed by atoms with Gasteiger partial charge in [0.15, 0.2) is 23.0 Å². The molecule has 5 aliphatic rings. The number of carbonyl (C=O) groups excluding carboxylic acids is 3. The summed E-state index contributed by atoms with van der Waals surface area (Å²) in [6, 6.07) is 9.33. The first-order valence-corrected chi connectivity index (χ1v) is 15.0. The molecule has 1 aromatic heterocycles. The molecule has 0 radical (unpaired) electrons. The van der Waals surface area contributed by atoms with E-state index in [4.69, 9.17) is 9.47 Å². The van der Waals surface area contributed by atoms with E-state index in [1.54, 1.807) is 18.2 Å². The van der Waals surface area contributed by atoms with Crippen LogP contribution in [0.3, 0.4) is 0 Å². The average Bonchev–Trinajstić information content (AvgIpc) is 3.36. The van der Waals surface area contributed by atoms with E-state index in [0.717, 1.165) is 29.3 Å². The molecular weight excluding hydrogens is 532 g/mol. The molecule has 4 aliphatic carbocycles. The van der Waals surface area contributed by atoms with Crippen LogP contribution in [0.1, 0.15) is 63.7 Å². The normalized spacial score (nSPS) is 39.6. The molecule has 1 aliphatic heterocycles. The molecule has 8 nitrogen and oxygen atoms in total. The van der Waals surface area contributed by atoms with Gasteiger partial charge in [-0.25, -0.2) is 0 Å². The Labute approximate surface area is 245 Å². The number of nitrogens with zero attached hydrogens (tertiary/aromatic N) is 1. The van der Waals surface area contributed by atoms with Gasteiger partial charge in [-0.3, -0.25) is 19.4 Å². The van der Waals surface area contributed by atoms with Gasteiger partial charge in [0.25, 0.3) is 5.91 Å². The third-order valence-corrected chi connectivity index (χ3v) is 11.2. The standard InChI is InChI=1S/C34H38N2O6/c1-31(2)41-28-15-24-23-10-9-21-14-22(37)11-12-32(21,3)29(23)26(38)16-33(24,4)34(28,42-31)27(39)18-36-30(40)20-13-19-7-5-6-8-25(19)35-17-20/h5-8,11-14,17,23-24,26,28-29,38H,9-10,15-16,18H2,1-4H3,(H,36,40)/t23?,24?,26-,28+,29?,32?,33?,34+/m0/s1. The number of ketones is 2. The van der Waals surface area contributed by atoms with Crippen LogP contribution in [0.5, 0.6) is 0 Å². The van der Waals surface area contributed by atoms with Crippen molar-refractivity contribution >= 4 is 28.4 Å². The number of ether oxygens (including phenoxy) is 2. The van der Waals surface area contributed by atoms with E-state index in [9.17, 15) is 19.5 Å². The lowest BCUT2D eigenvalue weighted by Gasteiger charge is -2.60. The summed E-state index contributed by atoms with van der Waals surface area (Å²) in [6.45, 7) is 7.63. The van der Waals surface area contributed by atoms with Crippen LogP contribution in [0.4, 0.5) is 0 Å². The summed E-state index contributed by atoms with van der Waals surface area (Å²) >= 11 is 0. The predicted octanol–water partition coefficient (Wildman–Crippen LogP) is 4.31. The molecule has 220 valence electrons. The van der Waals surface area contributed by atoms with Crippen molar-refractivity contribution in [1.29, 1.82) is 0 Å². The summed E-state index contributed by atoms with van der Waals surface area (Å²) in [5.41, 5.74) is -0.164. The topological polar surface area (TPSA) is 115 Å². The van der Waals surface area contributed by atoms with Gasteiger partial charge in [0.05, 0.1) is 29.8 Å². The molecule has 7 rings (SSSR count). The third-order valence-electron chi connectivity index (χ3n) is 11.2. The van der Waals surface area contributed by atoms with Crippen LogP contribution in [0.25, 0.3) is 10.9 Å². The predicted molar refractivity (Wildman–Crippen MR) is 155 cm³/mol. The number of hydrogen-bond donors (Lipinski definition) is 2. The number of para-hydroxylation sites is 1. The Bertz CT molecular complexity index is 1580. The van der Waals surface area contributed by atoms with Crippen LogP contribution in [0, 0.1) is 28.6 Å². The van der Waals surface area contributed by atoms with Gasteiger partial charge in [-0.1, -0.05) is 43.7 Å². The van der Waals surface area contributed by atoms with Gasteiger partial charge in [0, 0.05) is 28.3 Å². The minimum absolute atomic E-state index is 0.00144. The highest BCUT2D eigenvalue weighted by Gasteiger charge is 2.76. The molecule has 1 saturated heterocycles. The highest BCUT2D eigenvalue weighted by atomic mass is 16.8. The van der Waals surface area contributed by atoms with Gasteiger partial charge in [-0.05, 0) is 75.7 Å². The van der Waals surface area contributed by atoms with Crippen LogP contribution in [-0.4, -0.2) is 57.7 Å². The van der Waals surface area contributed by atoms with E-state index in [1.165, 1.54) is 6.20 Å². The van der Waals surface area contributed by atoms with Gasteiger partial charge >= 0.3 is 0 Å². The fourth-order valence-electron chi connectivity index (χ4n) is 9.51. The first kappa shape index (κ1) is 27.6. The number of fused-ring (bicyclic) bond motifs is 8. The van der Waals surface area contributed by atoms with Gasteiger partial charge in [-0.15, -0.1) is 0 Å². The first-order valence-electron chi connectivity index (χ1n) is 15.0. The van der Waals surface area contributed by atoms with Crippen LogP contribution < -0.4 is 5.32 Å². The molecule has 4 fully saturated rings. The van der Waals surface area contributed by atoms with E-state index < -0.39 is 34.4 Å². The van der Waals surface area contributed by atoms with E-state index >= 15 is 0 Å². The molecule has 0 spiro atoms. The molecule has 8 atom stereocenters. The number of benzene rings is 1. The quantitative estimate of drug-likeness (QED) is 0.563. The van der Waals surface area contributed by atoms with E-state index in [-0.39, 0.29) is 41.8 Å². The van der Waals surface area contributed by atoms with E-state index in [1.807, 2.05) is 44.2 Å². The molecule has 2 aromatic rings. The second-order valence-electron chi connectivity index (χ2n) is 13.8. The number of Topliss-reactive ketones (excluding diaryl/α,β-unsaturated/α-hetero) is 1. The maximum atomic E-state index is 14.4. The zero-order valence-electron chi connectivity index (χ0n) is 24.6. The average molecular weight is 571 g/mol. The number of aromatic nitrogens is 1. The summed E-state index contributed by atoms with van der Waals surface area (Å²) < 4.78 is 13.1. The number of aliphatic hydroxyl groups excluding tert-OH is 1. The highest BCUT2D eigenvalue weighted by Crippen LogP contribution is 2.70. The number of allylic oxidation sites excluding steroid dienone is 4. The van der Waals surface area contributed by atoms with Gasteiger partial charge in [-0.2, -0.15) is 0 Å². The van der Waals surface area contributed by atoms with Crippen molar-refractivity contribution in [2.45, 2.75) is 77.0 Å². The minimum Gasteiger partial charge on any atom is -0.393 e. The number of nitrogens with one attached hydrogen (secondary N) is 1. The second-order valence-corrected chi connectivity index (χ2v) is 13.8. The molecule has 0 bridgehead atoms. The van der Waals surface area contributed by atoms with E-state index in [0.29, 0.717) is 18.4 Å². The first-order chi connectivity index (χ1) is 19.9. The molecule has 1 amide bonds. The Hall–Kier alpha value is -3.20. The van der Waals surface area contributed by atoms with Crippen molar-refractivity contribution in [1.82, 2.24) is 10.3 Å². The molecule has 3 saturated carbocycles. The second kappa shape index (κ2) is 9.15. The minimum atomic E-state index is -1.31. The lowest BCUT2D eigenvalue weighted by atomic mass is 9.46. The Morgan fingerprint density at radius 1 is 1.17 bits per heavy atom. The van der Waals surface area contributed by atoms with Crippen molar-refractivity contribution < 1.29 is 29.0 Å². The summed E-state index contributed by atoms with van der Waals surface area (Å²) in [6.07, 6.45) is 8.30. The number of carbonyl (C=O) groups is 3. The van der Waals surface area contributed by atoms with Crippen LogP contribution in [0.15, 0.2) is 60.3 Å². The molecule has 5 unspecified atom stereocenters. The number of rotatable bonds is 4. The Morgan fingerprint density at radius 2 is 1.95 bits per heavy atom. The lowest BCUT2D eigenvalue weighted by Crippen LogP contribution is -2.64. The molecular formula is C34H38N2O6. The Kier molecular flexibility index (Phi) is 6.02. The van der Waals surface area contributed by atoms with Gasteiger partial charge in [0.1, 0.15) is 0 Å². The van der Waals surface area contributed by atoms with E-state index in [2.05, 4.69) is 24.1 Å². The Balaban J connectivity index is 1.19. The maximum absolute atomic E-state index is 14.4. The van der Waals surface area contributed by atoms with Gasteiger partial charge in [0.2, 0.25) is 0 Å². The maximum Gasteiger partial charge on any atom is 0.253 e. The van der Waals surface area contributed by atoms with Crippen molar-refractivity contribution in [3.63, 3.8) is 0 Å². The summed E-state index contributed by atoms with van der Waals surface area (Å²) in [4.78, 5) is 44.1. The number of aliphatic hydroxyl groups is 1. The largest absolute Gasteiger partial charge is 0.393 e. The zero-order chi connectivity index (χ0) is 29.7. The number of hydrogen-bond acceptors (Lipinski definition) is 7. The lowest BCUT2D eigenvalue weighted by molar-refractivity contribution is -0.224. The fraction of sp³-hybridized carbons (Fsp3) is 0.529. The molecule has 8 heteroatoms.